The number of ether oxygens (including phenoxy) is 6. The van der Waals surface area contributed by atoms with Gasteiger partial charge in [-0.3, -0.25) is 19.0 Å². The zero-order chi connectivity index (χ0) is 37.7. The number of benzene rings is 4. The van der Waals surface area contributed by atoms with Crippen molar-refractivity contribution in [3.05, 3.63) is 158 Å². The third-order valence-corrected chi connectivity index (χ3v) is 9.27. The summed E-state index contributed by atoms with van der Waals surface area (Å²) in [6.07, 6.45) is -1.33. The Hall–Kier alpha value is -5.98. The number of aromatic nitrogens is 2. The van der Waals surface area contributed by atoms with Crippen LogP contribution in [0.2, 0.25) is 0 Å². The number of methoxy groups -OCH3 is 3. The third-order valence-electron chi connectivity index (χ3n) is 9.27. The zero-order valence-corrected chi connectivity index (χ0v) is 30.0. The summed E-state index contributed by atoms with van der Waals surface area (Å²) in [5.74, 6) is 0.480. The van der Waals surface area contributed by atoms with Crippen molar-refractivity contribution in [3.8, 4) is 17.2 Å². The summed E-state index contributed by atoms with van der Waals surface area (Å²) in [7, 11) is 4.68. The molecule has 5 aromatic rings. The molecule has 1 aromatic heterocycles. The molecule has 1 saturated heterocycles. The maximum Gasteiger partial charge on any atom is 0.340 e. The molecule has 0 N–H and O–H groups in total. The molecule has 0 saturated carbocycles. The average Bonchev–Trinajstić information content (AvgIpc) is 3.58. The van der Waals surface area contributed by atoms with Crippen molar-refractivity contribution >= 4 is 11.9 Å². The highest BCUT2D eigenvalue weighted by molar-refractivity contribution is 5.95. The Morgan fingerprint density at radius 2 is 1.26 bits per heavy atom. The van der Waals surface area contributed by atoms with Crippen molar-refractivity contribution in [2.24, 2.45) is 0 Å². The van der Waals surface area contributed by atoms with E-state index in [9.17, 15) is 19.2 Å². The first-order valence-electron chi connectivity index (χ1n) is 16.9. The van der Waals surface area contributed by atoms with Crippen LogP contribution in [0.5, 0.6) is 17.2 Å². The fourth-order valence-electron chi connectivity index (χ4n) is 6.59. The Balaban J connectivity index is 1.39. The van der Waals surface area contributed by atoms with E-state index in [0.717, 1.165) is 16.7 Å². The monoisotopic (exact) mass is 720 g/mol. The molecule has 12 heteroatoms. The van der Waals surface area contributed by atoms with E-state index in [1.54, 1.807) is 26.4 Å². The van der Waals surface area contributed by atoms with E-state index in [2.05, 4.69) is 0 Å². The largest absolute Gasteiger partial charge is 0.497 e. The number of carbonyl (C=O) groups is 2. The molecule has 1 fully saturated rings. The molecule has 0 bridgehead atoms. The van der Waals surface area contributed by atoms with Gasteiger partial charge in [-0.2, -0.15) is 4.57 Å². The number of aryl methyl sites for hydroxylation is 1. The molecule has 2 heterocycles. The van der Waals surface area contributed by atoms with E-state index in [0.29, 0.717) is 21.8 Å². The second-order valence-corrected chi connectivity index (χ2v) is 12.5. The molecular weight excluding hydrogens is 680 g/mol. The lowest BCUT2D eigenvalue weighted by atomic mass is 9.80. The lowest BCUT2D eigenvalue weighted by Crippen LogP contribution is -2.45. The Morgan fingerprint density at radius 1 is 0.755 bits per heavy atom. The van der Waals surface area contributed by atoms with Gasteiger partial charge >= 0.3 is 11.7 Å². The van der Waals surface area contributed by atoms with Gasteiger partial charge in [0.15, 0.2) is 0 Å². The van der Waals surface area contributed by atoms with Crippen LogP contribution in [0.25, 0.3) is 0 Å². The number of carbonyl (C=O) groups excluding carboxylic acids is 2. The van der Waals surface area contributed by atoms with Crippen molar-refractivity contribution in [1.29, 1.82) is 0 Å². The van der Waals surface area contributed by atoms with Gasteiger partial charge in [-0.05, 0) is 72.1 Å². The van der Waals surface area contributed by atoms with Crippen LogP contribution in [0.3, 0.4) is 0 Å². The number of hydrogen-bond acceptors (Lipinski definition) is 10. The molecule has 53 heavy (non-hydrogen) atoms. The molecule has 0 amide bonds. The number of hydrogen-bond donors (Lipinski definition) is 0. The summed E-state index contributed by atoms with van der Waals surface area (Å²) in [6.45, 7) is 2.70. The fraction of sp³-hybridized carbons (Fsp3) is 0.268. The molecule has 1 aliphatic rings. The van der Waals surface area contributed by atoms with Crippen LogP contribution in [0, 0.1) is 6.92 Å². The third kappa shape index (κ3) is 7.37. The van der Waals surface area contributed by atoms with Crippen LogP contribution >= 0.6 is 0 Å². The van der Waals surface area contributed by atoms with E-state index < -0.39 is 47.2 Å². The Labute approximate surface area is 306 Å². The van der Waals surface area contributed by atoms with E-state index in [-0.39, 0.29) is 24.2 Å². The Morgan fingerprint density at radius 3 is 1.77 bits per heavy atom. The van der Waals surface area contributed by atoms with Crippen LogP contribution in [-0.2, 0) is 24.6 Å². The number of nitrogens with zero attached hydrogens (tertiary/aromatic N) is 2. The molecule has 0 spiro atoms. The molecule has 0 radical (unpaired) electrons. The van der Waals surface area contributed by atoms with E-state index in [1.165, 1.54) is 43.9 Å². The molecule has 274 valence electrons. The highest BCUT2D eigenvalue weighted by Crippen LogP contribution is 2.43. The summed E-state index contributed by atoms with van der Waals surface area (Å²) < 4.78 is 37.1. The van der Waals surface area contributed by atoms with Crippen molar-refractivity contribution < 1.29 is 38.0 Å². The van der Waals surface area contributed by atoms with Gasteiger partial charge in [0.1, 0.15) is 41.3 Å². The van der Waals surface area contributed by atoms with Crippen molar-refractivity contribution in [2.75, 3.05) is 27.9 Å². The zero-order valence-electron chi connectivity index (χ0n) is 30.0. The van der Waals surface area contributed by atoms with Crippen LogP contribution in [0.1, 0.15) is 52.2 Å². The van der Waals surface area contributed by atoms with Gasteiger partial charge in [-0.25, -0.2) is 4.79 Å². The Bertz CT molecular complexity index is 2130. The van der Waals surface area contributed by atoms with Crippen LogP contribution in [-0.4, -0.2) is 61.2 Å². The molecule has 12 nitrogen and oxygen atoms in total. The molecule has 4 aromatic carbocycles. The molecule has 1 aliphatic heterocycles. The first kappa shape index (κ1) is 36.8. The van der Waals surface area contributed by atoms with E-state index in [1.807, 2.05) is 78.9 Å². The minimum atomic E-state index is -1.20. The molecule has 3 atom stereocenters. The minimum absolute atomic E-state index is 0.0469. The molecule has 0 aliphatic carbocycles. The maximum absolute atomic E-state index is 13.9. The predicted octanol–water partition coefficient (Wildman–Crippen LogP) is 5.26. The molecule has 0 unspecified atom stereocenters. The lowest BCUT2D eigenvalue weighted by Gasteiger charge is -2.37. The number of esters is 1. The van der Waals surface area contributed by atoms with Crippen LogP contribution < -0.4 is 25.5 Å². The summed E-state index contributed by atoms with van der Waals surface area (Å²) in [6, 6.07) is 30.8. The average molecular weight is 721 g/mol. The SMILES string of the molecule is COc1ccc(C(=O)n2c(=O)c(C)cn([C@@H]3C[C@@H](OC(C)=O)[C@@H](COC(c4ccccc4)(c4ccc(OC)cc4)c4ccc(OC)cc4)O3)c2=O)cc1. The number of rotatable bonds is 12. The minimum Gasteiger partial charge on any atom is -0.497 e. The maximum atomic E-state index is 13.9. The van der Waals surface area contributed by atoms with Gasteiger partial charge in [0.25, 0.3) is 11.5 Å². The Kier molecular flexibility index (Phi) is 10.9. The topological polar surface area (TPSA) is 134 Å². The fourth-order valence-corrected chi connectivity index (χ4v) is 6.59. The van der Waals surface area contributed by atoms with Crippen LogP contribution in [0.15, 0.2) is 119 Å². The van der Waals surface area contributed by atoms with Gasteiger partial charge in [0, 0.05) is 30.7 Å². The van der Waals surface area contributed by atoms with E-state index in [4.69, 9.17) is 28.4 Å². The van der Waals surface area contributed by atoms with Gasteiger partial charge < -0.3 is 28.4 Å². The first-order valence-corrected chi connectivity index (χ1v) is 16.9. The second kappa shape index (κ2) is 15.7. The molecular formula is C41H40N2O10. The summed E-state index contributed by atoms with van der Waals surface area (Å²) in [4.78, 5) is 53.1. The normalized spacial score (nSPS) is 16.9. The molecule has 6 rings (SSSR count). The van der Waals surface area contributed by atoms with Crippen molar-refractivity contribution in [1.82, 2.24) is 9.13 Å². The van der Waals surface area contributed by atoms with Gasteiger partial charge in [0.2, 0.25) is 0 Å². The van der Waals surface area contributed by atoms with Gasteiger partial charge in [-0.1, -0.05) is 54.6 Å². The van der Waals surface area contributed by atoms with Gasteiger partial charge in [0.05, 0.1) is 27.9 Å². The lowest BCUT2D eigenvalue weighted by molar-refractivity contribution is -0.153. The second-order valence-electron chi connectivity index (χ2n) is 12.5. The van der Waals surface area contributed by atoms with Crippen molar-refractivity contribution in [3.63, 3.8) is 0 Å². The smallest absolute Gasteiger partial charge is 0.340 e. The van der Waals surface area contributed by atoms with E-state index >= 15 is 0 Å². The quantitative estimate of drug-likeness (QED) is 0.124. The first-order chi connectivity index (χ1) is 25.6. The highest BCUT2D eigenvalue weighted by atomic mass is 16.6. The summed E-state index contributed by atoms with van der Waals surface area (Å²) in [5.41, 5.74) is -0.224. The standard InChI is InChI=1S/C41H40N2O10/c1-26-24-42(40(47)43(38(26)45)39(46)28-11-17-32(48-3)18-12-28)37-23-35(52-27(2)44)36(53-37)25-51-41(29-9-7-6-8-10-29,30-13-19-33(49-4)20-14-30)31-15-21-34(50-5)22-16-31/h6-22,24,35-37H,23,25H2,1-5H3/t35-,36-,37+/m1/s1. The summed E-state index contributed by atoms with van der Waals surface area (Å²) >= 11 is 0. The highest BCUT2D eigenvalue weighted by Gasteiger charge is 2.44. The van der Waals surface area contributed by atoms with Gasteiger partial charge in [-0.15, -0.1) is 0 Å². The van der Waals surface area contributed by atoms with Crippen LogP contribution in [0.4, 0.5) is 0 Å². The summed E-state index contributed by atoms with van der Waals surface area (Å²) in [5, 5.41) is 0. The van der Waals surface area contributed by atoms with Crippen molar-refractivity contribution in [2.45, 2.75) is 44.3 Å². The predicted molar refractivity (Wildman–Crippen MR) is 195 cm³/mol.